The zero-order valence-electron chi connectivity index (χ0n) is 30.7. The van der Waals surface area contributed by atoms with Gasteiger partial charge in [-0.15, -0.1) is 0 Å². The Balaban J connectivity index is 2.11. The SMILES string of the molecule is CC[C@H](C)[C@H](NC(=O)OCc1ccccc1)C(=O)O[C@@H](CC(C)C)C(=O)N[C@@H](CC(C)C)C(=O)N[C@@H](C)/C=C/C(=O)N1C(=O)C=C(OC)[C@@H]1C. The molecule has 13 heteroatoms. The lowest BCUT2D eigenvalue weighted by molar-refractivity contribution is -0.160. The maximum Gasteiger partial charge on any atom is 0.408 e. The van der Waals surface area contributed by atoms with E-state index in [0.29, 0.717) is 12.2 Å². The summed E-state index contributed by atoms with van der Waals surface area (Å²) in [6, 6.07) is 5.86. The molecule has 276 valence electrons. The quantitative estimate of drug-likeness (QED) is 0.151. The van der Waals surface area contributed by atoms with Crippen molar-refractivity contribution < 1.29 is 43.0 Å². The number of ether oxygens (including phenoxy) is 3. The minimum absolute atomic E-state index is 0.00982. The molecule has 0 radical (unpaired) electrons. The average Bonchev–Trinajstić information content (AvgIpc) is 3.36. The van der Waals surface area contributed by atoms with Crippen LogP contribution in [0.2, 0.25) is 0 Å². The molecule has 0 aliphatic carbocycles. The summed E-state index contributed by atoms with van der Waals surface area (Å²) in [5.41, 5.74) is 0.782. The number of alkyl carbamates (subject to hydrolysis) is 1. The van der Waals surface area contributed by atoms with Crippen LogP contribution in [0.1, 0.15) is 80.2 Å². The molecule has 0 spiro atoms. The Morgan fingerprint density at radius 2 is 1.54 bits per heavy atom. The highest BCUT2D eigenvalue weighted by atomic mass is 16.6. The van der Waals surface area contributed by atoms with Gasteiger partial charge in [-0.1, -0.05) is 84.4 Å². The predicted octanol–water partition coefficient (Wildman–Crippen LogP) is 4.16. The smallest absolute Gasteiger partial charge is 0.408 e. The van der Waals surface area contributed by atoms with E-state index >= 15 is 0 Å². The molecule has 13 nitrogen and oxygen atoms in total. The third kappa shape index (κ3) is 13.0. The Hall–Kier alpha value is -4.68. The molecular formula is C37H54N4O9. The maximum atomic E-state index is 13.6. The minimum atomic E-state index is -1.24. The third-order valence-corrected chi connectivity index (χ3v) is 8.20. The summed E-state index contributed by atoms with van der Waals surface area (Å²) < 4.78 is 16.2. The fourth-order valence-electron chi connectivity index (χ4n) is 5.22. The first-order valence-electron chi connectivity index (χ1n) is 17.2. The lowest BCUT2D eigenvalue weighted by atomic mass is 9.98. The number of hydrogen-bond acceptors (Lipinski definition) is 9. The van der Waals surface area contributed by atoms with E-state index in [2.05, 4.69) is 16.0 Å². The van der Waals surface area contributed by atoms with Crippen molar-refractivity contribution in [3.05, 3.63) is 59.9 Å². The highest BCUT2D eigenvalue weighted by Gasteiger charge is 2.36. The van der Waals surface area contributed by atoms with Gasteiger partial charge >= 0.3 is 12.1 Å². The zero-order chi connectivity index (χ0) is 37.5. The summed E-state index contributed by atoms with van der Waals surface area (Å²) in [4.78, 5) is 79.2. The van der Waals surface area contributed by atoms with Gasteiger partial charge in [-0.2, -0.15) is 0 Å². The van der Waals surface area contributed by atoms with Crippen molar-refractivity contribution in [1.29, 1.82) is 0 Å². The average molecular weight is 699 g/mol. The molecule has 0 bridgehead atoms. The Morgan fingerprint density at radius 1 is 0.900 bits per heavy atom. The lowest BCUT2D eigenvalue weighted by Gasteiger charge is -2.28. The van der Waals surface area contributed by atoms with Gasteiger partial charge in [-0.3, -0.25) is 24.1 Å². The fraction of sp³-hybridized carbons (Fsp3) is 0.568. The Bertz CT molecular complexity index is 1390. The molecule has 1 aliphatic heterocycles. The lowest BCUT2D eigenvalue weighted by Crippen LogP contribution is -2.53. The monoisotopic (exact) mass is 698 g/mol. The van der Waals surface area contributed by atoms with E-state index in [0.717, 1.165) is 10.5 Å². The second kappa shape index (κ2) is 20.1. The molecule has 0 saturated carbocycles. The summed E-state index contributed by atoms with van der Waals surface area (Å²) in [7, 11) is 1.42. The van der Waals surface area contributed by atoms with Gasteiger partial charge in [0.2, 0.25) is 5.91 Å². The molecule has 2 rings (SSSR count). The number of carbonyl (C=O) groups excluding carboxylic acids is 6. The Labute approximate surface area is 295 Å². The molecule has 0 unspecified atom stereocenters. The second-order valence-electron chi connectivity index (χ2n) is 13.4. The number of carbonyl (C=O) groups is 6. The van der Waals surface area contributed by atoms with Crippen LogP contribution in [-0.2, 0) is 44.8 Å². The normalized spacial score (nSPS) is 17.4. The van der Waals surface area contributed by atoms with Crippen molar-refractivity contribution in [3.63, 3.8) is 0 Å². The number of benzene rings is 1. The van der Waals surface area contributed by atoms with Crippen LogP contribution in [0.4, 0.5) is 4.79 Å². The summed E-state index contributed by atoms with van der Waals surface area (Å²) in [6.45, 7) is 14.5. The molecule has 0 aromatic heterocycles. The molecule has 3 N–H and O–H groups in total. The topological polar surface area (TPSA) is 169 Å². The summed E-state index contributed by atoms with van der Waals surface area (Å²) >= 11 is 0. The first-order chi connectivity index (χ1) is 23.6. The van der Waals surface area contributed by atoms with Gasteiger partial charge in [0, 0.05) is 18.2 Å². The second-order valence-corrected chi connectivity index (χ2v) is 13.4. The molecule has 1 aromatic rings. The van der Waals surface area contributed by atoms with Gasteiger partial charge in [0.1, 0.15) is 24.4 Å². The number of esters is 1. The number of imide groups is 1. The molecule has 50 heavy (non-hydrogen) atoms. The first-order valence-corrected chi connectivity index (χ1v) is 17.2. The number of hydrogen-bond donors (Lipinski definition) is 3. The number of nitrogens with one attached hydrogen (secondary N) is 3. The van der Waals surface area contributed by atoms with Crippen LogP contribution in [0.25, 0.3) is 0 Å². The molecule has 6 atom stereocenters. The van der Waals surface area contributed by atoms with Crippen LogP contribution in [0.3, 0.4) is 0 Å². The van der Waals surface area contributed by atoms with E-state index in [1.54, 1.807) is 20.8 Å². The van der Waals surface area contributed by atoms with Crippen LogP contribution in [-0.4, -0.2) is 78.0 Å². The maximum absolute atomic E-state index is 13.6. The number of methoxy groups -OCH3 is 1. The number of nitrogens with zero attached hydrogens (tertiary/aromatic N) is 1. The van der Waals surface area contributed by atoms with E-state index < -0.39 is 66.0 Å². The van der Waals surface area contributed by atoms with E-state index in [9.17, 15) is 28.8 Å². The van der Waals surface area contributed by atoms with Crippen molar-refractivity contribution in [2.24, 2.45) is 17.8 Å². The summed E-state index contributed by atoms with van der Waals surface area (Å²) in [6.07, 6.45) is 2.88. The largest absolute Gasteiger partial charge is 0.499 e. The van der Waals surface area contributed by atoms with Crippen molar-refractivity contribution in [1.82, 2.24) is 20.9 Å². The molecule has 5 amide bonds. The van der Waals surface area contributed by atoms with Gasteiger partial charge < -0.3 is 30.2 Å². The van der Waals surface area contributed by atoms with Crippen molar-refractivity contribution in [2.75, 3.05) is 7.11 Å². The van der Waals surface area contributed by atoms with E-state index in [-0.39, 0.29) is 37.2 Å². The first kappa shape index (κ1) is 41.5. The van der Waals surface area contributed by atoms with E-state index in [1.807, 2.05) is 65.0 Å². The predicted molar refractivity (Wildman–Crippen MR) is 187 cm³/mol. The summed E-state index contributed by atoms with van der Waals surface area (Å²) in [5, 5.41) is 8.13. The Morgan fingerprint density at radius 3 is 2.10 bits per heavy atom. The zero-order valence-corrected chi connectivity index (χ0v) is 30.7. The molecule has 1 aromatic carbocycles. The van der Waals surface area contributed by atoms with Gasteiger partial charge in [0.15, 0.2) is 6.10 Å². The van der Waals surface area contributed by atoms with Crippen LogP contribution in [0, 0.1) is 17.8 Å². The molecular weight excluding hydrogens is 644 g/mol. The highest BCUT2D eigenvalue weighted by Crippen LogP contribution is 2.20. The van der Waals surface area contributed by atoms with Crippen LogP contribution < -0.4 is 16.0 Å². The standard InChI is InChI=1S/C37H54N4O9/c1-10-24(6)33(40-37(47)49-21-27-14-12-11-13-15-27)36(46)50-30(19-23(4)5)35(45)39-28(18-22(2)3)34(44)38-25(7)16-17-31(42)41-26(8)29(48-9)20-32(41)43/h11-17,20,22-26,28,30,33H,10,18-19,21H2,1-9H3,(H,38,44)(H,39,45)(H,40,47)/b17-16+/t24-,25-,26-,28-,30-,33-/m0/s1. The van der Waals surface area contributed by atoms with Crippen LogP contribution in [0.15, 0.2) is 54.3 Å². The number of amides is 5. The van der Waals surface area contributed by atoms with E-state index in [4.69, 9.17) is 14.2 Å². The van der Waals surface area contributed by atoms with Crippen molar-refractivity contribution in [3.8, 4) is 0 Å². The van der Waals surface area contributed by atoms with Crippen LogP contribution >= 0.6 is 0 Å². The van der Waals surface area contributed by atoms with Crippen molar-refractivity contribution in [2.45, 2.75) is 112 Å². The van der Waals surface area contributed by atoms with Gasteiger partial charge in [0.05, 0.1) is 13.2 Å². The van der Waals surface area contributed by atoms with Crippen LogP contribution in [0.5, 0.6) is 0 Å². The minimum Gasteiger partial charge on any atom is -0.499 e. The molecule has 0 fully saturated rings. The van der Waals surface area contributed by atoms with Gasteiger partial charge in [-0.25, -0.2) is 9.59 Å². The highest BCUT2D eigenvalue weighted by molar-refractivity contribution is 6.07. The van der Waals surface area contributed by atoms with E-state index in [1.165, 1.54) is 25.3 Å². The van der Waals surface area contributed by atoms with Crippen molar-refractivity contribution >= 4 is 35.7 Å². The van der Waals surface area contributed by atoms with Gasteiger partial charge in [-0.05, 0) is 50.0 Å². The molecule has 0 saturated heterocycles. The molecule has 1 aliphatic rings. The number of rotatable bonds is 18. The molecule has 1 heterocycles. The summed E-state index contributed by atoms with van der Waals surface area (Å²) in [5.74, 6) is -2.99. The Kier molecular flexibility index (Phi) is 16.7. The van der Waals surface area contributed by atoms with Gasteiger partial charge in [0.25, 0.3) is 17.7 Å². The third-order valence-electron chi connectivity index (χ3n) is 8.20. The fourth-order valence-corrected chi connectivity index (χ4v) is 5.22.